The molecule has 0 spiro atoms. The molecule has 2 rings (SSSR count). The van der Waals surface area contributed by atoms with Crippen LogP contribution in [0.1, 0.15) is 57.8 Å². The van der Waals surface area contributed by atoms with E-state index in [-0.39, 0.29) is 23.3 Å². The van der Waals surface area contributed by atoms with Crippen molar-refractivity contribution >= 4 is 11.8 Å². The Morgan fingerprint density at radius 3 is 2.15 bits per heavy atom. The van der Waals surface area contributed by atoms with Gasteiger partial charge in [-0.15, -0.1) is 0 Å². The van der Waals surface area contributed by atoms with Gasteiger partial charge in [-0.25, -0.2) is 0 Å². The van der Waals surface area contributed by atoms with Crippen molar-refractivity contribution in [2.75, 3.05) is 26.2 Å². The Labute approximate surface area is 157 Å². The lowest BCUT2D eigenvalue weighted by Crippen LogP contribution is -2.38. The van der Waals surface area contributed by atoms with Crippen LogP contribution < -0.4 is 4.74 Å². The van der Waals surface area contributed by atoms with Crippen molar-refractivity contribution in [3.8, 4) is 5.75 Å². The number of ether oxygens (including phenoxy) is 1. The van der Waals surface area contributed by atoms with Gasteiger partial charge in [0.1, 0.15) is 5.75 Å². The molecule has 0 saturated carbocycles. The zero-order valence-corrected chi connectivity index (χ0v) is 16.7. The van der Waals surface area contributed by atoms with Gasteiger partial charge in [-0.1, -0.05) is 20.8 Å². The van der Waals surface area contributed by atoms with Crippen molar-refractivity contribution in [2.45, 2.75) is 53.6 Å². The second kappa shape index (κ2) is 8.56. The van der Waals surface area contributed by atoms with E-state index in [1.54, 1.807) is 0 Å². The first-order valence-electron chi connectivity index (χ1n) is 9.49. The molecule has 1 aromatic rings. The summed E-state index contributed by atoms with van der Waals surface area (Å²) in [6, 6.07) is 7.30. The summed E-state index contributed by atoms with van der Waals surface area (Å²) < 4.78 is 5.63. The Kier molecular flexibility index (Phi) is 6.68. The summed E-state index contributed by atoms with van der Waals surface area (Å²) in [5.41, 5.74) is 0.647. The summed E-state index contributed by atoms with van der Waals surface area (Å²) in [5.74, 6) is 0.972. The minimum Gasteiger partial charge on any atom is -0.491 e. The van der Waals surface area contributed by atoms with E-state index >= 15 is 0 Å². The van der Waals surface area contributed by atoms with Crippen LogP contribution in [-0.4, -0.2) is 53.9 Å². The van der Waals surface area contributed by atoms with Crippen molar-refractivity contribution < 1.29 is 14.3 Å². The van der Waals surface area contributed by atoms with E-state index in [1.807, 2.05) is 47.9 Å². The Hall–Kier alpha value is -2.04. The molecule has 1 aliphatic heterocycles. The molecule has 1 saturated heterocycles. The average molecular weight is 360 g/mol. The van der Waals surface area contributed by atoms with Crippen LogP contribution in [0.5, 0.6) is 5.75 Å². The highest BCUT2D eigenvalue weighted by molar-refractivity contribution is 5.94. The smallest absolute Gasteiger partial charge is 0.253 e. The second-order valence-electron chi connectivity index (χ2n) is 8.45. The number of carbonyl (C=O) groups is 2. The SMILES string of the molecule is CC(C)Oc1ccc(C(=O)N2CCCN(C(=O)CC(C)(C)C)CC2)cc1. The molecule has 1 fully saturated rings. The largest absolute Gasteiger partial charge is 0.491 e. The third kappa shape index (κ3) is 6.04. The van der Waals surface area contributed by atoms with Crippen molar-refractivity contribution in [1.29, 1.82) is 0 Å². The van der Waals surface area contributed by atoms with E-state index < -0.39 is 0 Å². The molecule has 0 aliphatic carbocycles. The summed E-state index contributed by atoms with van der Waals surface area (Å²) in [5, 5.41) is 0. The molecule has 0 aromatic heterocycles. The third-order valence-electron chi connectivity index (χ3n) is 4.29. The Morgan fingerprint density at radius 1 is 1.00 bits per heavy atom. The summed E-state index contributed by atoms with van der Waals surface area (Å²) in [4.78, 5) is 29.0. The first-order chi connectivity index (χ1) is 12.2. The van der Waals surface area contributed by atoms with Gasteiger partial charge in [0.05, 0.1) is 6.10 Å². The van der Waals surface area contributed by atoms with Crippen molar-refractivity contribution in [3.63, 3.8) is 0 Å². The third-order valence-corrected chi connectivity index (χ3v) is 4.29. The molecule has 0 radical (unpaired) electrons. The zero-order chi connectivity index (χ0) is 19.3. The molecule has 2 amide bonds. The molecule has 0 unspecified atom stereocenters. The van der Waals surface area contributed by atoms with Crippen LogP contribution in [0, 0.1) is 5.41 Å². The maximum Gasteiger partial charge on any atom is 0.253 e. The predicted octanol–water partition coefficient (Wildman–Crippen LogP) is 3.58. The number of benzene rings is 1. The molecule has 0 atom stereocenters. The fourth-order valence-electron chi connectivity index (χ4n) is 3.07. The van der Waals surface area contributed by atoms with Crippen LogP contribution >= 0.6 is 0 Å². The van der Waals surface area contributed by atoms with Gasteiger partial charge in [0, 0.05) is 38.2 Å². The topological polar surface area (TPSA) is 49.9 Å². The Balaban J connectivity index is 1.95. The molecule has 0 bridgehead atoms. The number of nitrogens with zero attached hydrogens (tertiary/aromatic N) is 2. The average Bonchev–Trinajstić information content (AvgIpc) is 2.79. The standard InChI is InChI=1S/C21H32N2O3/c1-16(2)26-18-9-7-17(8-10-18)20(25)23-12-6-11-22(13-14-23)19(24)15-21(3,4)5/h7-10,16H,6,11-15H2,1-5H3. The van der Waals surface area contributed by atoms with Crippen LogP contribution in [0.15, 0.2) is 24.3 Å². The van der Waals surface area contributed by atoms with Crippen molar-refractivity contribution in [2.24, 2.45) is 5.41 Å². The predicted molar refractivity (Wildman–Crippen MR) is 103 cm³/mol. The lowest BCUT2D eigenvalue weighted by Gasteiger charge is -2.25. The molecule has 5 heteroatoms. The summed E-state index contributed by atoms with van der Waals surface area (Å²) in [7, 11) is 0. The van der Waals surface area contributed by atoms with E-state index in [0.717, 1.165) is 18.7 Å². The van der Waals surface area contributed by atoms with Crippen molar-refractivity contribution in [3.05, 3.63) is 29.8 Å². The first kappa shape index (κ1) is 20.3. The molecular weight excluding hydrogens is 328 g/mol. The fraction of sp³-hybridized carbons (Fsp3) is 0.619. The second-order valence-corrected chi connectivity index (χ2v) is 8.45. The van der Waals surface area contributed by atoms with Crippen LogP contribution in [0.4, 0.5) is 0 Å². The molecule has 5 nitrogen and oxygen atoms in total. The van der Waals surface area contributed by atoms with Gasteiger partial charge in [0.15, 0.2) is 0 Å². The summed E-state index contributed by atoms with van der Waals surface area (Å²) in [6.07, 6.45) is 1.47. The highest BCUT2D eigenvalue weighted by Gasteiger charge is 2.25. The van der Waals surface area contributed by atoms with Gasteiger partial charge in [-0.3, -0.25) is 9.59 Å². The lowest BCUT2D eigenvalue weighted by molar-refractivity contribution is -0.132. The van der Waals surface area contributed by atoms with Gasteiger partial charge < -0.3 is 14.5 Å². The maximum absolute atomic E-state index is 12.8. The maximum atomic E-state index is 12.8. The highest BCUT2D eigenvalue weighted by Crippen LogP contribution is 2.21. The minimum atomic E-state index is -0.0152. The molecule has 0 N–H and O–H groups in total. The fourth-order valence-corrected chi connectivity index (χ4v) is 3.07. The Bertz CT molecular complexity index is 617. The van der Waals surface area contributed by atoms with E-state index in [0.29, 0.717) is 31.6 Å². The summed E-state index contributed by atoms with van der Waals surface area (Å²) >= 11 is 0. The highest BCUT2D eigenvalue weighted by atomic mass is 16.5. The van der Waals surface area contributed by atoms with Gasteiger partial charge >= 0.3 is 0 Å². The number of rotatable bonds is 4. The van der Waals surface area contributed by atoms with Crippen LogP contribution in [-0.2, 0) is 4.79 Å². The van der Waals surface area contributed by atoms with E-state index in [2.05, 4.69) is 20.8 Å². The molecule has 1 aliphatic rings. The lowest BCUT2D eigenvalue weighted by atomic mass is 9.91. The van der Waals surface area contributed by atoms with Crippen LogP contribution in [0.25, 0.3) is 0 Å². The normalized spacial score (nSPS) is 15.8. The molecule has 1 aromatic carbocycles. The molecule has 144 valence electrons. The Morgan fingerprint density at radius 2 is 1.58 bits per heavy atom. The number of amides is 2. The summed E-state index contributed by atoms with van der Waals surface area (Å²) in [6.45, 7) is 12.8. The first-order valence-corrected chi connectivity index (χ1v) is 9.49. The quantitative estimate of drug-likeness (QED) is 0.824. The van der Waals surface area contributed by atoms with E-state index in [4.69, 9.17) is 4.74 Å². The van der Waals surface area contributed by atoms with Crippen LogP contribution in [0.2, 0.25) is 0 Å². The van der Waals surface area contributed by atoms with Crippen molar-refractivity contribution in [1.82, 2.24) is 9.80 Å². The zero-order valence-electron chi connectivity index (χ0n) is 16.7. The number of carbonyl (C=O) groups excluding carboxylic acids is 2. The van der Waals surface area contributed by atoms with Crippen LogP contribution in [0.3, 0.4) is 0 Å². The monoisotopic (exact) mass is 360 g/mol. The van der Waals surface area contributed by atoms with Gasteiger partial charge in [-0.05, 0) is 49.9 Å². The number of hydrogen-bond donors (Lipinski definition) is 0. The van der Waals surface area contributed by atoms with Gasteiger partial charge in [0.2, 0.25) is 5.91 Å². The molecular formula is C21H32N2O3. The van der Waals surface area contributed by atoms with Gasteiger partial charge in [0.25, 0.3) is 5.91 Å². The van der Waals surface area contributed by atoms with Gasteiger partial charge in [-0.2, -0.15) is 0 Å². The number of hydrogen-bond acceptors (Lipinski definition) is 3. The van der Waals surface area contributed by atoms with E-state index in [1.165, 1.54) is 0 Å². The molecule has 1 heterocycles. The minimum absolute atomic E-state index is 0.0152. The molecule has 26 heavy (non-hydrogen) atoms. The van der Waals surface area contributed by atoms with E-state index in [9.17, 15) is 9.59 Å².